The maximum atomic E-state index is 9.03. The molecular weight excluding hydrogens is 159 g/mol. The summed E-state index contributed by atoms with van der Waals surface area (Å²) in [7, 11) is 0. The third-order valence-electron chi connectivity index (χ3n) is 0.118. The Balaban J connectivity index is 0. The average molecular weight is 161 g/mol. The van der Waals surface area contributed by atoms with Crippen molar-refractivity contribution in [2.75, 3.05) is 0 Å². The van der Waals surface area contributed by atoms with Crippen LogP contribution in [0.4, 0.5) is 0 Å². The monoisotopic (exact) mass is 161 g/mol. The van der Waals surface area contributed by atoms with Crippen LogP contribution in [0, 0.1) is 0 Å². The Labute approximate surface area is 60.4 Å². The number of amides is 2. The molecule has 0 aliphatic rings. The van der Waals surface area contributed by atoms with Gasteiger partial charge in [-0.15, -0.1) is 0 Å². The number of carbonyl (C=O) groups is 1. The maximum absolute atomic E-state index is 9.03. The molecule has 0 atom stereocenters. The minimum absolute atomic E-state index is 0. The molecule has 0 bridgehead atoms. The molecule has 0 aliphatic carbocycles. The van der Waals surface area contributed by atoms with E-state index in [1.54, 1.807) is 5.32 Å². The predicted octanol–water partition coefficient (Wildman–Crippen LogP) is -1.20. The van der Waals surface area contributed by atoms with Gasteiger partial charge in [0.2, 0.25) is 0 Å². The van der Waals surface area contributed by atoms with Crippen LogP contribution in [0.2, 0.25) is 0 Å². The summed E-state index contributed by atoms with van der Waals surface area (Å²) in [6, 6.07) is 0. The van der Waals surface area contributed by atoms with E-state index in [0.717, 1.165) is 6.41 Å². The van der Waals surface area contributed by atoms with Crippen LogP contribution in [0.3, 0.4) is 0 Å². The summed E-state index contributed by atoms with van der Waals surface area (Å²) in [5.41, 5.74) is 0. The fourth-order valence-electron chi connectivity index (χ4n) is 0.0241. The summed E-state index contributed by atoms with van der Waals surface area (Å²) in [4.78, 5) is 18.0. The van der Waals surface area contributed by atoms with E-state index in [4.69, 9.17) is 9.59 Å². The number of hydrogen-bond acceptors (Lipinski definition) is 2. The number of carbonyl (C=O) groups excluding carboxylic acids is 2. The summed E-state index contributed by atoms with van der Waals surface area (Å²) >= 11 is 0. The summed E-state index contributed by atoms with van der Waals surface area (Å²) in [6.45, 7) is 0. The van der Waals surface area contributed by atoms with Crippen LogP contribution in [0.1, 0.15) is 0 Å². The second-order valence-electron chi connectivity index (χ2n) is 0.364. The van der Waals surface area contributed by atoms with Gasteiger partial charge < -0.3 is 14.9 Å². The fraction of sp³-hybridized carbons (Fsp3) is 0. The van der Waals surface area contributed by atoms with Crippen LogP contribution in [-0.2, 0) is 42.3 Å². The van der Waals surface area contributed by atoms with E-state index in [-0.39, 0.29) is 39.1 Å². The molecule has 2 amide bonds. The van der Waals surface area contributed by atoms with Gasteiger partial charge in [0.15, 0.2) is 0 Å². The second-order valence-corrected chi connectivity index (χ2v) is 0.364. The van der Waals surface area contributed by atoms with E-state index in [2.05, 4.69) is 0 Å². The van der Waals surface area contributed by atoms with Crippen molar-refractivity contribution in [3.63, 3.8) is 0 Å². The number of nitrogens with one attached hydrogen (secondary N) is 1. The Bertz CT molecular complexity index is 40.8. The van der Waals surface area contributed by atoms with Gasteiger partial charge in [-0.25, -0.2) is 0 Å². The molecule has 0 aromatic carbocycles. The summed E-state index contributed by atoms with van der Waals surface area (Å²) in [5, 5.41) is 1.62. The molecule has 1 N–H and O–H groups in total. The van der Waals surface area contributed by atoms with E-state index < -0.39 is 0 Å². The zero-order chi connectivity index (χ0) is 4.12. The molecule has 0 rings (SSSR count). The molecule has 0 aliphatic heterocycles. The molecule has 0 spiro atoms. The largest absolute Gasteiger partial charge is 0.464 e. The van der Waals surface area contributed by atoms with Crippen LogP contribution >= 0.6 is 0 Å². The zero-order valence-electron chi connectivity index (χ0n) is 2.97. The first-order valence-electron chi connectivity index (χ1n) is 0.979. The third kappa shape index (κ3) is 8.87. The Morgan fingerprint density at radius 2 is 2.17 bits per heavy atom. The first-order valence-corrected chi connectivity index (χ1v) is 0.979. The van der Waals surface area contributed by atoms with Gasteiger partial charge in [-0.3, -0.25) is 0 Å². The fourth-order valence-corrected chi connectivity index (χ4v) is 0.0241. The van der Waals surface area contributed by atoms with Gasteiger partial charge in [-0.2, -0.15) is 0 Å². The summed E-state index contributed by atoms with van der Waals surface area (Å²) in [5.74, 6) is 0. The zero-order valence-corrected chi connectivity index (χ0v) is 5.81. The van der Waals surface area contributed by atoms with Gasteiger partial charge in [0.05, 0.1) is 12.8 Å². The van der Waals surface area contributed by atoms with Crippen LogP contribution in [0.15, 0.2) is 0 Å². The summed E-state index contributed by atoms with van der Waals surface area (Å²) in [6.07, 6.45) is 1.41. The van der Waals surface area contributed by atoms with Gasteiger partial charge in [0.1, 0.15) is 0 Å². The molecule has 6 heavy (non-hydrogen) atoms. The molecular formula is C2H2NO2Y-. The van der Waals surface area contributed by atoms with Crippen molar-refractivity contribution in [1.29, 1.82) is 0 Å². The minimum atomic E-state index is 0. The first kappa shape index (κ1) is 9.53. The quantitative estimate of drug-likeness (QED) is 0.314. The van der Waals surface area contributed by atoms with E-state index >= 15 is 0 Å². The van der Waals surface area contributed by atoms with Crippen LogP contribution in [0.25, 0.3) is 0 Å². The van der Waals surface area contributed by atoms with E-state index in [1.165, 1.54) is 0 Å². The first-order chi connectivity index (χ1) is 2.41. The molecule has 0 aromatic heterocycles. The van der Waals surface area contributed by atoms with Crippen molar-refractivity contribution in [3.8, 4) is 0 Å². The van der Waals surface area contributed by atoms with Crippen molar-refractivity contribution >= 4 is 12.8 Å². The Morgan fingerprint density at radius 1 is 1.67 bits per heavy atom. The topological polar surface area (TPSA) is 46.2 Å². The molecule has 31 valence electrons. The van der Waals surface area contributed by atoms with Gasteiger partial charge in [0, 0.05) is 32.7 Å². The third-order valence-corrected chi connectivity index (χ3v) is 0.118. The molecule has 4 heteroatoms. The molecule has 0 unspecified atom stereocenters. The Hall–Kier alpha value is 0.244. The van der Waals surface area contributed by atoms with Crippen molar-refractivity contribution < 1.29 is 42.3 Å². The van der Waals surface area contributed by atoms with Crippen molar-refractivity contribution in [2.24, 2.45) is 0 Å². The Morgan fingerprint density at radius 3 is 2.17 bits per heavy atom. The van der Waals surface area contributed by atoms with E-state index in [0.29, 0.717) is 0 Å². The Kier molecular flexibility index (Phi) is 14.3. The van der Waals surface area contributed by atoms with Gasteiger partial charge in [0.25, 0.3) is 0 Å². The molecule has 1 radical (unpaired) electrons. The predicted molar refractivity (Wildman–Crippen MR) is 14.9 cm³/mol. The van der Waals surface area contributed by atoms with Crippen molar-refractivity contribution in [3.05, 3.63) is 0 Å². The molecule has 3 nitrogen and oxygen atoms in total. The number of hydrogen-bond donors (Lipinski definition) is 1. The second kappa shape index (κ2) is 8.98. The van der Waals surface area contributed by atoms with Crippen LogP contribution in [0.5, 0.6) is 0 Å². The summed E-state index contributed by atoms with van der Waals surface area (Å²) < 4.78 is 0. The molecule has 0 saturated heterocycles. The normalized spacial score (nSPS) is 4.67. The van der Waals surface area contributed by atoms with Crippen molar-refractivity contribution in [1.82, 2.24) is 5.32 Å². The van der Waals surface area contributed by atoms with Gasteiger partial charge in [-0.1, -0.05) is 0 Å². The molecule has 0 saturated carbocycles. The SMILES string of the molecule is O=[C-]NC=O.[Y]. The maximum Gasteiger partial charge on any atom is 0.0711 e. The standard InChI is InChI=1S/C2H2NO2.Y/c4-1-3-2-5;/h1H,(H,3,4,5);/q-1;. The molecule has 0 heterocycles. The number of rotatable bonds is 2. The minimum Gasteiger partial charge on any atom is -0.464 e. The van der Waals surface area contributed by atoms with Gasteiger partial charge >= 0.3 is 0 Å². The van der Waals surface area contributed by atoms with E-state index in [9.17, 15) is 0 Å². The van der Waals surface area contributed by atoms with E-state index in [1.807, 2.05) is 0 Å². The smallest absolute Gasteiger partial charge is 0.0711 e. The average Bonchev–Trinajstić information content (AvgIpc) is 1.41. The van der Waals surface area contributed by atoms with Crippen LogP contribution < -0.4 is 5.32 Å². The van der Waals surface area contributed by atoms with Crippen LogP contribution in [-0.4, -0.2) is 12.8 Å². The molecule has 0 aromatic rings. The van der Waals surface area contributed by atoms with Gasteiger partial charge in [-0.05, 0) is 0 Å². The van der Waals surface area contributed by atoms with Crippen molar-refractivity contribution in [2.45, 2.75) is 0 Å². The molecule has 0 fully saturated rings. The number of imide groups is 1.